The lowest BCUT2D eigenvalue weighted by Gasteiger charge is -2.33. The molecule has 3 aliphatic heterocycles. The van der Waals surface area contributed by atoms with Gasteiger partial charge >= 0.3 is 0 Å². The zero-order valence-corrected chi connectivity index (χ0v) is 26.5. The van der Waals surface area contributed by atoms with E-state index in [1.165, 1.54) is 21.8 Å². The van der Waals surface area contributed by atoms with Crippen molar-refractivity contribution in [3.8, 4) is 0 Å². The number of aliphatic hydroxyl groups is 2. The number of H-pyrrole nitrogens is 2. The molecule has 0 aliphatic carbocycles. The maximum Gasteiger partial charge on any atom is 0.280 e. The van der Waals surface area contributed by atoms with Crippen molar-refractivity contribution >= 4 is 85.7 Å². The molecule has 7 heterocycles. The Morgan fingerprint density at radius 2 is 1.20 bits per heavy atom. The maximum absolute atomic E-state index is 12.3. The van der Waals surface area contributed by atoms with Crippen LogP contribution in [0.25, 0.3) is 22.3 Å². The van der Waals surface area contributed by atoms with E-state index in [1.54, 1.807) is 0 Å². The largest absolute Gasteiger partial charge is 0.386 e. The number of aliphatic hydroxyl groups excluding tert-OH is 2. The van der Waals surface area contributed by atoms with Crippen molar-refractivity contribution in [2.24, 2.45) is 0 Å². The van der Waals surface area contributed by atoms with Gasteiger partial charge in [-0.3, -0.25) is 28.7 Å². The Morgan fingerprint density at radius 1 is 0.804 bits per heavy atom. The van der Waals surface area contributed by atoms with Gasteiger partial charge in [-0.25, -0.2) is 9.97 Å². The van der Waals surface area contributed by atoms with Crippen LogP contribution >= 0.6 is 12.7 Å². The number of aromatic nitrogens is 8. The van der Waals surface area contributed by atoms with Crippen LogP contribution < -0.4 is 22.6 Å². The Bertz CT molecular complexity index is 1920. The summed E-state index contributed by atoms with van der Waals surface area (Å²) in [5, 5.41) is 22.7. The minimum Gasteiger partial charge on any atom is -0.386 e. The average Bonchev–Trinajstić information content (AvgIpc) is 3.72. The molecule has 3 aliphatic rings. The first kappa shape index (κ1) is 32.0. The molecule has 0 amide bonds. The lowest BCUT2D eigenvalue weighted by Crippen LogP contribution is -2.39. The third-order valence-electron chi connectivity index (χ3n) is 7.44. The van der Waals surface area contributed by atoms with Crippen molar-refractivity contribution in [1.82, 2.24) is 39.0 Å². The number of hydrogen-bond acceptors (Lipinski definition) is 18. The van der Waals surface area contributed by atoms with Crippen LogP contribution in [0.1, 0.15) is 12.5 Å². The first-order valence-electron chi connectivity index (χ1n) is 13.3. The third kappa shape index (κ3) is 5.65. The SMILES string of the molecule is [B]P1(=S)OC[C@H]2O[C@@H](n3cnc4c(=O)[nH]c(N)nc43)[C@H](O)[C@@H]2OP([B])(=S)OC[C@@H]2O[C@H](n3cnc4c(=O)[nH]c(N)nc43)[C@@H](O)[C@H]2O1. The molecule has 8 N–H and O–H groups in total. The first-order chi connectivity index (χ1) is 21.7. The number of fused-ring (bicyclic) bond motifs is 4. The Labute approximate surface area is 269 Å². The zero-order valence-electron chi connectivity index (χ0n) is 23.1. The summed E-state index contributed by atoms with van der Waals surface area (Å²) < 4.78 is 38.2. The Hall–Kier alpha value is -2.59. The smallest absolute Gasteiger partial charge is 0.280 e. The van der Waals surface area contributed by atoms with E-state index in [-0.39, 0.29) is 47.4 Å². The third-order valence-corrected chi connectivity index (χ3v) is 10.7. The number of hydrogen-bond donors (Lipinski definition) is 6. The molecule has 20 nitrogen and oxygen atoms in total. The van der Waals surface area contributed by atoms with Gasteiger partial charge in [-0.15, -0.1) is 0 Å². The number of ether oxygens (including phenoxy) is 2. The molecule has 7 rings (SSSR count). The van der Waals surface area contributed by atoms with Crippen LogP contribution in [0.5, 0.6) is 0 Å². The predicted molar refractivity (Wildman–Crippen MR) is 167 cm³/mol. The molecule has 4 aromatic heterocycles. The highest BCUT2D eigenvalue weighted by molar-refractivity contribution is 8.21. The number of rotatable bonds is 2. The number of imidazole rings is 2. The van der Waals surface area contributed by atoms with Crippen LogP contribution in [-0.2, 0) is 51.2 Å². The van der Waals surface area contributed by atoms with Gasteiger partial charge in [0.25, 0.3) is 11.1 Å². The Morgan fingerprint density at radius 3 is 1.59 bits per heavy atom. The Balaban J connectivity index is 1.18. The summed E-state index contributed by atoms with van der Waals surface area (Å²) in [5.41, 5.74) is 10.2. The molecule has 3 fully saturated rings. The van der Waals surface area contributed by atoms with Crippen LogP contribution in [-0.4, -0.2) is 114 Å². The van der Waals surface area contributed by atoms with Gasteiger partial charge in [-0.05, 0) is 23.6 Å². The van der Waals surface area contributed by atoms with Gasteiger partial charge in [0.05, 0.1) is 25.9 Å². The van der Waals surface area contributed by atoms with Crippen LogP contribution in [0, 0.1) is 0 Å². The highest BCUT2D eigenvalue weighted by atomic mass is 32.5. The predicted octanol–water partition coefficient (Wildman–Crippen LogP) is -2.46. The Kier molecular flexibility index (Phi) is 8.02. The van der Waals surface area contributed by atoms with Gasteiger partial charge in [-0.2, -0.15) is 9.97 Å². The van der Waals surface area contributed by atoms with Crippen molar-refractivity contribution in [3.05, 3.63) is 33.4 Å². The fourth-order valence-corrected chi connectivity index (χ4v) is 8.43. The fourth-order valence-electron chi connectivity index (χ4n) is 5.44. The second kappa shape index (κ2) is 11.5. The molecule has 0 spiro atoms. The highest BCUT2D eigenvalue weighted by Crippen LogP contribution is 2.53. The summed E-state index contributed by atoms with van der Waals surface area (Å²) in [6.45, 7) is -0.778. The highest BCUT2D eigenvalue weighted by Gasteiger charge is 2.51. The number of nitrogens with one attached hydrogen (secondary N) is 2. The van der Waals surface area contributed by atoms with E-state index in [9.17, 15) is 19.8 Å². The van der Waals surface area contributed by atoms with E-state index in [2.05, 4.69) is 29.9 Å². The molecule has 10 atom stereocenters. The van der Waals surface area contributed by atoms with Crippen molar-refractivity contribution in [2.45, 2.75) is 49.1 Å². The lowest BCUT2D eigenvalue weighted by molar-refractivity contribution is -0.0530. The summed E-state index contributed by atoms with van der Waals surface area (Å²) >= 11 is 10.9. The number of aromatic amines is 2. The standard InChI is InChI=1S/C20H22B2N10O10P2S2/c21-43(45)37-1-5-11(9(33)17(39-5)31-3-25-7-13(31)27-19(23)29-15(7)35)41-44(22,46)38-2-6-12(42-43)10(34)18(40-6)32-4-26-8-14(32)28-20(24)30-16(8)36/h3-6,9-12,17-18,33-34H,1-2H2,(H3,23,27,29,35)(H3,24,28,30,36)/t5-,6+,9-,10+,11-,12+,17-,18+,43?,44?. The molecule has 3 saturated heterocycles. The van der Waals surface area contributed by atoms with E-state index >= 15 is 0 Å². The summed E-state index contributed by atoms with van der Waals surface area (Å²) in [6.07, 6.45) is -15.0. The van der Waals surface area contributed by atoms with Crippen LogP contribution in [0.15, 0.2) is 22.2 Å². The summed E-state index contributed by atoms with van der Waals surface area (Å²) in [4.78, 5) is 45.6. The molecular formula is C20H22B2N10O10P2S2. The van der Waals surface area contributed by atoms with Gasteiger partial charge in [0.1, 0.15) is 49.4 Å². The molecule has 4 aromatic rings. The molecule has 240 valence electrons. The molecule has 0 bridgehead atoms. The number of anilines is 2. The maximum atomic E-state index is 12.3. The van der Waals surface area contributed by atoms with Crippen LogP contribution in [0.4, 0.5) is 11.9 Å². The molecule has 0 aromatic carbocycles. The van der Waals surface area contributed by atoms with Gasteiger partial charge in [0.2, 0.25) is 11.9 Å². The summed E-state index contributed by atoms with van der Waals surface area (Å²) in [7, 11) is 12.6. The second-order valence-electron chi connectivity index (χ2n) is 10.5. The van der Waals surface area contributed by atoms with Gasteiger partial charge in [-0.1, -0.05) is 0 Å². The molecule has 26 heteroatoms. The normalized spacial score (nSPS) is 37.1. The van der Waals surface area contributed by atoms with E-state index in [4.69, 9.17) is 77.8 Å². The van der Waals surface area contributed by atoms with Crippen LogP contribution in [0.3, 0.4) is 0 Å². The van der Waals surface area contributed by atoms with E-state index in [1.807, 2.05) is 0 Å². The lowest BCUT2D eigenvalue weighted by atomic mass is 10.1. The van der Waals surface area contributed by atoms with Crippen molar-refractivity contribution in [2.75, 3.05) is 24.7 Å². The van der Waals surface area contributed by atoms with Crippen molar-refractivity contribution in [1.29, 1.82) is 0 Å². The summed E-state index contributed by atoms with van der Waals surface area (Å²) in [5.74, 6) is -0.366. The summed E-state index contributed by atoms with van der Waals surface area (Å²) in [6, 6.07) is 0. The van der Waals surface area contributed by atoms with Crippen molar-refractivity contribution in [3.63, 3.8) is 0 Å². The number of nitrogen functional groups attached to an aromatic ring is 2. The van der Waals surface area contributed by atoms with E-state index in [0.29, 0.717) is 0 Å². The molecule has 46 heavy (non-hydrogen) atoms. The van der Waals surface area contributed by atoms with E-state index in [0.717, 1.165) is 0 Å². The topological polar surface area (TPSA) is 275 Å². The molecular weight excluding hydrogens is 688 g/mol. The first-order valence-corrected chi connectivity index (χ1v) is 18.7. The van der Waals surface area contributed by atoms with Gasteiger partial charge in [0.15, 0.2) is 49.9 Å². The number of nitrogens with two attached hydrogens (primary N) is 2. The minimum absolute atomic E-state index is 0.0286. The number of nitrogens with zero attached hydrogens (tertiary/aromatic N) is 6. The monoisotopic (exact) mass is 710 g/mol. The molecule has 2 unspecified atom stereocenters. The van der Waals surface area contributed by atoms with E-state index < -0.39 is 72.9 Å². The van der Waals surface area contributed by atoms with Gasteiger partial charge in [0, 0.05) is 0 Å². The van der Waals surface area contributed by atoms with Crippen LogP contribution in [0.2, 0.25) is 0 Å². The fraction of sp³-hybridized carbons (Fsp3) is 0.500. The van der Waals surface area contributed by atoms with Gasteiger partial charge < -0.3 is 49.2 Å². The quantitative estimate of drug-likeness (QED) is 0.0929. The molecule has 0 saturated carbocycles. The molecule has 4 radical (unpaired) electrons. The zero-order chi connectivity index (χ0) is 32.7. The second-order valence-corrected chi connectivity index (χ2v) is 16.6. The van der Waals surface area contributed by atoms with Crippen molar-refractivity contribution < 1.29 is 37.8 Å². The average molecular weight is 710 g/mol. The minimum atomic E-state index is -3.68.